The van der Waals surface area contributed by atoms with Crippen molar-refractivity contribution in [2.24, 2.45) is 0 Å². The van der Waals surface area contributed by atoms with Gasteiger partial charge < -0.3 is 15.7 Å². The Kier molecular flexibility index (Phi) is 4.25. The Balaban J connectivity index is 1.69. The van der Waals surface area contributed by atoms with Crippen molar-refractivity contribution in [1.29, 1.82) is 0 Å². The highest BCUT2D eigenvalue weighted by molar-refractivity contribution is 7.12. The molecule has 1 heterocycles. The minimum absolute atomic E-state index is 0.116. The molecule has 23 heavy (non-hydrogen) atoms. The molecular weight excluding hydrogens is 312 g/mol. The summed E-state index contributed by atoms with van der Waals surface area (Å²) in [7, 11) is 0. The number of hydrogen-bond acceptors (Lipinski definition) is 3. The molecule has 0 bridgehead atoms. The van der Waals surface area contributed by atoms with E-state index in [9.17, 15) is 9.59 Å². The highest BCUT2D eigenvalue weighted by Crippen LogP contribution is 2.22. The van der Waals surface area contributed by atoms with Gasteiger partial charge in [-0.1, -0.05) is 42.5 Å². The average Bonchev–Trinajstić information content (AvgIpc) is 3.01. The molecule has 6 heteroatoms. The molecule has 0 spiro atoms. The Hall–Kier alpha value is -2.86. The Bertz CT molecular complexity index is 868. The van der Waals surface area contributed by atoms with Crippen LogP contribution in [0.5, 0.6) is 0 Å². The third kappa shape index (κ3) is 3.32. The first kappa shape index (κ1) is 15.1. The standard InChI is InChI=1S/C17H14N2O3S/c20-16(21)15-14(8-9-23-15)19-17(22)18-10-12-6-3-5-11-4-1-2-7-13(11)12/h1-9H,10H2,(H,20,21)(H2,18,19,22). The molecule has 0 unspecified atom stereocenters. The van der Waals surface area contributed by atoms with Crippen molar-refractivity contribution in [3.63, 3.8) is 0 Å². The van der Waals surface area contributed by atoms with Gasteiger partial charge in [-0.05, 0) is 27.8 Å². The summed E-state index contributed by atoms with van der Waals surface area (Å²) < 4.78 is 0. The van der Waals surface area contributed by atoms with Gasteiger partial charge in [0.05, 0.1) is 5.69 Å². The highest BCUT2D eigenvalue weighted by Gasteiger charge is 2.13. The predicted molar refractivity (Wildman–Crippen MR) is 91.1 cm³/mol. The zero-order chi connectivity index (χ0) is 16.2. The van der Waals surface area contributed by atoms with E-state index in [4.69, 9.17) is 5.11 Å². The maximum atomic E-state index is 12.0. The lowest BCUT2D eigenvalue weighted by Gasteiger charge is -2.09. The summed E-state index contributed by atoms with van der Waals surface area (Å²) in [5, 5.41) is 18.2. The van der Waals surface area contributed by atoms with E-state index in [1.807, 2.05) is 42.5 Å². The van der Waals surface area contributed by atoms with Gasteiger partial charge in [-0.3, -0.25) is 0 Å². The van der Waals surface area contributed by atoms with Gasteiger partial charge in [0.1, 0.15) is 4.88 Å². The first-order valence-corrected chi connectivity index (χ1v) is 7.85. The number of fused-ring (bicyclic) bond motifs is 1. The number of urea groups is 1. The van der Waals surface area contributed by atoms with Crippen molar-refractivity contribution in [3.8, 4) is 0 Å². The quantitative estimate of drug-likeness (QED) is 0.680. The fourth-order valence-corrected chi connectivity index (χ4v) is 3.05. The van der Waals surface area contributed by atoms with Crippen molar-refractivity contribution in [2.45, 2.75) is 6.54 Å². The minimum atomic E-state index is -1.05. The van der Waals surface area contributed by atoms with Crippen molar-refractivity contribution in [3.05, 3.63) is 64.4 Å². The summed E-state index contributed by atoms with van der Waals surface area (Å²) in [6.45, 7) is 0.361. The molecule has 0 atom stereocenters. The summed E-state index contributed by atoms with van der Waals surface area (Å²) in [4.78, 5) is 23.1. The van der Waals surface area contributed by atoms with Crippen LogP contribution in [0.25, 0.3) is 10.8 Å². The molecule has 0 aliphatic carbocycles. The molecule has 0 radical (unpaired) electrons. The second-order valence-corrected chi connectivity index (χ2v) is 5.83. The summed E-state index contributed by atoms with van der Waals surface area (Å²) in [6.07, 6.45) is 0. The Morgan fingerprint density at radius 3 is 2.65 bits per heavy atom. The zero-order valence-corrected chi connectivity index (χ0v) is 12.9. The topological polar surface area (TPSA) is 78.4 Å². The number of thiophene rings is 1. The van der Waals surface area contributed by atoms with Crippen LogP contribution in [0.1, 0.15) is 15.2 Å². The number of hydrogen-bond donors (Lipinski definition) is 3. The smallest absolute Gasteiger partial charge is 0.348 e. The van der Waals surface area contributed by atoms with Crippen LogP contribution in [0.15, 0.2) is 53.9 Å². The van der Waals surface area contributed by atoms with Crippen LogP contribution in [0.4, 0.5) is 10.5 Å². The van der Waals surface area contributed by atoms with Crippen LogP contribution < -0.4 is 10.6 Å². The number of benzene rings is 2. The third-order valence-corrected chi connectivity index (χ3v) is 4.33. The molecule has 116 valence electrons. The molecule has 0 aliphatic heterocycles. The molecule has 3 rings (SSSR count). The van der Waals surface area contributed by atoms with Crippen molar-refractivity contribution in [1.82, 2.24) is 5.32 Å². The zero-order valence-electron chi connectivity index (χ0n) is 12.1. The fourth-order valence-electron chi connectivity index (χ4n) is 2.36. The number of carboxylic acids is 1. The second kappa shape index (κ2) is 6.50. The van der Waals surface area contributed by atoms with Crippen LogP contribution >= 0.6 is 11.3 Å². The van der Waals surface area contributed by atoms with Gasteiger partial charge in [-0.25, -0.2) is 9.59 Å². The highest BCUT2D eigenvalue weighted by atomic mass is 32.1. The summed E-state index contributed by atoms with van der Waals surface area (Å²) in [5.41, 5.74) is 1.31. The summed E-state index contributed by atoms with van der Waals surface area (Å²) in [6, 6.07) is 15.0. The van der Waals surface area contributed by atoms with Gasteiger partial charge in [-0.15, -0.1) is 11.3 Å². The molecule has 0 fully saturated rings. The number of carbonyl (C=O) groups excluding carboxylic acids is 1. The van der Waals surface area contributed by atoms with Crippen LogP contribution in [0.3, 0.4) is 0 Å². The normalized spacial score (nSPS) is 10.4. The Labute approximate surface area is 136 Å². The molecule has 3 aromatic rings. The van der Waals surface area contributed by atoms with Crippen molar-refractivity contribution < 1.29 is 14.7 Å². The van der Waals surface area contributed by atoms with Crippen molar-refractivity contribution in [2.75, 3.05) is 5.32 Å². The van der Waals surface area contributed by atoms with Gasteiger partial charge in [0.15, 0.2) is 0 Å². The van der Waals surface area contributed by atoms with Gasteiger partial charge in [0.2, 0.25) is 0 Å². The lowest BCUT2D eigenvalue weighted by Crippen LogP contribution is -2.28. The average molecular weight is 326 g/mol. The fraction of sp³-hybridized carbons (Fsp3) is 0.0588. The Morgan fingerprint density at radius 2 is 1.83 bits per heavy atom. The second-order valence-electron chi connectivity index (χ2n) is 4.91. The lowest BCUT2D eigenvalue weighted by atomic mass is 10.0. The number of carbonyl (C=O) groups is 2. The van der Waals surface area contributed by atoms with Gasteiger partial charge in [-0.2, -0.15) is 0 Å². The number of aromatic carboxylic acids is 1. The first-order chi connectivity index (χ1) is 11.1. The maximum Gasteiger partial charge on any atom is 0.348 e. The summed E-state index contributed by atoms with van der Waals surface area (Å²) in [5.74, 6) is -1.05. The SMILES string of the molecule is O=C(NCc1cccc2ccccc12)Nc1ccsc1C(=O)O. The molecule has 0 aliphatic rings. The third-order valence-electron chi connectivity index (χ3n) is 3.43. The van der Waals surface area contributed by atoms with Crippen molar-refractivity contribution >= 4 is 39.8 Å². The molecule has 1 aromatic heterocycles. The van der Waals surface area contributed by atoms with E-state index >= 15 is 0 Å². The lowest BCUT2D eigenvalue weighted by molar-refractivity contribution is 0.0703. The predicted octanol–water partition coefficient (Wildman–Crippen LogP) is 3.92. The number of amides is 2. The van der Waals surface area contributed by atoms with Crippen LogP contribution in [-0.2, 0) is 6.54 Å². The summed E-state index contributed by atoms with van der Waals surface area (Å²) >= 11 is 1.07. The Morgan fingerprint density at radius 1 is 1.04 bits per heavy atom. The minimum Gasteiger partial charge on any atom is -0.477 e. The van der Waals surface area contributed by atoms with Crippen LogP contribution in [-0.4, -0.2) is 17.1 Å². The van der Waals surface area contributed by atoms with Gasteiger partial charge in [0.25, 0.3) is 0 Å². The molecular formula is C17H14N2O3S. The van der Waals surface area contributed by atoms with E-state index in [-0.39, 0.29) is 4.88 Å². The monoisotopic (exact) mass is 326 g/mol. The van der Waals surface area contributed by atoms with E-state index in [0.717, 1.165) is 27.7 Å². The van der Waals surface area contributed by atoms with E-state index in [0.29, 0.717) is 12.2 Å². The molecule has 2 aromatic carbocycles. The van der Waals surface area contributed by atoms with Crippen LogP contribution in [0, 0.1) is 0 Å². The number of nitrogens with one attached hydrogen (secondary N) is 2. The van der Waals surface area contributed by atoms with E-state index in [1.54, 1.807) is 11.4 Å². The molecule has 5 nitrogen and oxygen atoms in total. The van der Waals surface area contributed by atoms with Gasteiger partial charge in [0, 0.05) is 6.54 Å². The van der Waals surface area contributed by atoms with Crippen LogP contribution in [0.2, 0.25) is 0 Å². The number of anilines is 1. The molecule has 0 saturated heterocycles. The van der Waals surface area contributed by atoms with E-state index < -0.39 is 12.0 Å². The maximum absolute atomic E-state index is 12.0. The van der Waals surface area contributed by atoms with E-state index in [1.165, 1.54) is 0 Å². The molecule has 2 amide bonds. The number of carboxylic acid groups (broad SMARTS) is 1. The molecule has 0 saturated carbocycles. The van der Waals surface area contributed by atoms with E-state index in [2.05, 4.69) is 10.6 Å². The van der Waals surface area contributed by atoms with Gasteiger partial charge >= 0.3 is 12.0 Å². The first-order valence-electron chi connectivity index (χ1n) is 6.97. The molecule has 3 N–H and O–H groups in total. The number of rotatable bonds is 4. The largest absolute Gasteiger partial charge is 0.477 e.